The van der Waals surface area contributed by atoms with Crippen molar-refractivity contribution in [3.63, 3.8) is 0 Å². The van der Waals surface area contributed by atoms with Gasteiger partial charge in [0.05, 0.1) is 5.56 Å². The zero-order valence-corrected chi connectivity index (χ0v) is 10.8. The highest BCUT2D eigenvalue weighted by Gasteiger charge is 2.29. The first-order valence-electron chi connectivity index (χ1n) is 6.19. The van der Waals surface area contributed by atoms with Crippen molar-refractivity contribution in [3.8, 4) is 0 Å². The zero-order chi connectivity index (χ0) is 15.0. The van der Waals surface area contributed by atoms with Gasteiger partial charge in [-0.3, -0.25) is 4.40 Å². The van der Waals surface area contributed by atoms with Crippen LogP contribution < -0.4 is 5.73 Å². The smallest absolute Gasteiger partial charge is 0.398 e. The molecule has 0 atom stereocenters. The van der Waals surface area contributed by atoms with Gasteiger partial charge >= 0.3 is 6.18 Å². The number of hydrogen-bond acceptors (Lipinski definition) is 3. The maximum Gasteiger partial charge on any atom is 0.416 e. The van der Waals surface area contributed by atoms with Crippen LogP contribution >= 0.6 is 0 Å². The molecule has 2 heterocycles. The van der Waals surface area contributed by atoms with Crippen molar-refractivity contribution < 1.29 is 13.2 Å². The molecule has 7 heteroatoms. The summed E-state index contributed by atoms with van der Waals surface area (Å²) in [5.41, 5.74) is 6.98. The van der Waals surface area contributed by atoms with Gasteiger partial charge in [-0.05, 0) is 29.8 Å². The summed E-state index contributed by atoms with van der Waals surface area (Å²) in [5, 5.41) is 8.03. The number of rotatable bonds is 2. The molecule has 0 fully saturated rings. The molecule has 3 rings (SSSR count). The van der Waals surface area contributed by atoms with E-state index in [0.29, 0.717) is 23.6 Å². The molecule has 0 radical (unpaired) electrons. The van der Waals surface area contributed by atoms with Gasteiger partial charge in [-0.15, -0.1) is 10.2 Å². The minimum atomic E-state index is -4.32. The van der Waals surface area contributed by atoms with Gasteiger partial charge in [0.25, 0.3) is 0 Å². The van der Waals surface area contributed by atoms with Crippen molar-refractivity contribution in [2.75, 3.05) is 5.73 Å². The van der Waals surface area contributed by atoms with Gasteiger partial charge in [-0.2, -0.15) is 13.2 Å². The van der Waals surface area contributed by atoms with Crippen molar-refractivity contribution >= 4 is 11.3 Å². The van der Waals surface area contributed by atoms with E-state index in [1.807, 2.05) is 0 Å². The summed E-state index contributed by atoms with van der Waals surface area (Å²) in [6.45, 7) is 0. The van der Waals surface area contributed by atoms with Crippen LogP contribution in [0.4, 0.5) is 18.9 Å². The van der Waals surface area contributed by atoms with Crippen LogP contribution in [0.3, 0.4) is 0 Å². The molecule has 108 valence electrons. The Labute approximate surface area is 118 Å². The van der Waals surface area contributed by atoms with Crippen LogP contribution in [0.2, 0.25) is 0 Å². The molecule has 2 aromatic heterocycles. The van der Waals surface area contributed by atoms with E-state index in [1.165, 1.54) is 12.1 Å². The number of pyridine rings is 1. The molecule has 4 nitrogen and oxygen atoms in total. The summed E-state index contributed by atoms with van der Waals surface area (Å²) in [5.74, 6) is 0.622. The van der Waals surface area contributed by atoms with Gasteiger partial charge in [-0.1, -0.05) is 12.1 Å². The predicted molar refractivity (Wildman–Crippen MR) is 71.6 cm³/mol. The van der Waals surface area contributed by atoms with Crippen molar-refractivity contribution in [3.05, 3.63) is 59.5 Å². The van der Waals surface area contributed by atoms with E-state index in [1.54, 1.807) is 22.7 Å². The Morgan fingerprint density at radius 3 is 2.38 bits per heavy atom. The Morgan fingerprint density at radius 1 is 1.00 bits per heavy atom. The van der Waals surface area contributed by atoms with E-state index >= 15 is 0 Å². The van der Waals surface area contributed by atoms with Gasteiger partial charge in [0.1, 0.15) is 5.82 Å². The lowest BCUT2D eigenvalue weighted by atomic mass is 10.1. The highest BCUT2D eigenvalue weighted by Crippen LogP contribution is 2.29. The van der Waals surface area contributed by atoms with E-state index in [-0.39, 0.29) is 0 Å². The molecule has 0 saturated carbocycles. The number of fused-ring (bicyclic) bond motifs is 1. The molecule has 21 heavy (non-hydrogen) atoms. The number of benzene rings is 1. The highest BCUT2D eigenvalue weighted by atomic mass is 19.4. The summed E-state index contributed by atoms with van der Waals surface area (Å²) in [4.78, 5) is 0. The minimum absolute atomic E-state index is 0.378. The monoisotopic (exact) mass is 292 g/mol. The van der Waals surface area contributed by atoms with Crippen LogP contribution in [0.15, 0.2) is 42.6 Å². The third kappa shape index (κ3) is 2.67. The summed E-state index contributed by atoms with van der Waals surface area (Å²) >= 11 is 0. The normalized spacial score (nSPS) is 12.0. The fourth-order valence-corrected chi connectivity index (χ4v) is 2.07. The number of aromatic nitrogens is 3. The predicted octanol–water partition coefficient (Wildman–Crippen LogP) is 2.92. The van der Waals surface area contributed by atoms with Crippen molar-refractivity contribution in [1.82, 2.24) is 14.6 Å². The molecular formula is C14H11F3N4. The fraction of sp³-hybridized carbons (Fsp3) is 0.143. The highest BCUT2D eigenvalue weighted by molar-refractivity contribution is 5.47. The minimum Gasteiger partial charge on any atom is -0.398 e. The second-order valence-corrected chi connectivity index (χ2v) is 4.68. The molecule has 0 spiro atoms. The first-order chi connectivity index (χ1) is 9.93. The maximum atomic E-state index is 12.5. The first-order valence-corrected chi connectivity index (χ1v) is 6.19. The van der Waals surface area contributed by atoms with Crippen LogP contribution in [0.5, 0.6) is 0 Å². The number of nitrogen functional groups attached to an aromatic ring is 1. The fourth-order valence-electron chi connectivity index (χ4n) is 2.07. The Hall–Kier alpha value is -2.57. The number of anilines is 1. The lowest BCUT2D eigenvalue weighted by Crippen LogP contribution is -2.05. The number of nitrogens with zero attached hydrogens (tertiary/aromatic N) is 3. The molecule has 0 bridgehead atoms. The Balaban J connectivity index is 1.90. The van der Waals surface area contributed by atoms with Gasteiger partial charge < -0.3 is 5.73 Å². The van der Waals surface area contributed by atoms with Crippen LogP contribution in [0.1, 0.15) is 17.0 Å². The Bertz CT molecular complexity index is 775. The molecule has 0 aliphatic carbocycles. The number of nitrogens with two attached hydrogens (primary N) is 1. The Morgan fingerprint density at radius 2 is 1.71 bits per heavy atom. The molecule has 0 aliphatic heterocycles. The van der Waals surface area contributed by atoms with Gasteiger partial charge in [0.15, 0.2) is 5.65 Å². The average molecular weight is 292 g/mol. The summed E-state index contributed by atoms with van der Waals surface area (Å²) < 4.78 is 39.3. The Kier molecular flexibility index (Phi) is 3.04. The van der Waals surface area contributed by atoms with Crippen LogP contribution in [0.25, 0.3) is 5.65 Å². The summed E-state index contributed by atoms with van der Waals surface area (Å²) in [7, 11) is 0. The molecule has 0 unspecified atom stereocenters. The van der Waals surface area contributed by atoms with Crippen molar-refractivity contribution in [1.29, 1.82) is 0 Å². The van der Waals surface area contributed by atoms with E-state index in [9.17, 15) is 13.2 Å². The van der Waals surface area contributed by atoms with Gasteiger partial charge in [0, 0.05) is 18.3 Å². The standard InChI is InChI=1S/C14H11F3N4/c15-14(16,17)10-3-1-9(2-4-10)7-13-20-19-12-6-5-11(18)8-21(12)13/h1-6,8H,7,18H2. The largest absolute Gasteiger partial charge is 0.416 e. The third-order valence-corrected chi connectivity index (χ3v) is 3.14. The quantitative estimate of drug-likeness (QED) is 0.790. The van der Waals surface area contributed by atoms with Gasteiger partial charge in [-0.25, -0.2) is 0 Å². The lowest BCUT2D eigenvalue weighted by molar-refractivity contribution is -0.137. The molecule has 0 amide bonds. The average Bonchev–Trinajstić information content (AvgIpc) is 2.81. The maximum absolute atomic E-state index is 12.5. The van der Waals surface area contributed by atoms with E-state index in [2.05, 4.69) is 10.2 Å². The lowest BCUT2D eigenvalue weighted by Gasteiger charge is -2.07. The van der Waals surface area contributed by atoms with Crippen LogP contribution in [0, 0.1) is 0 Å². The SMILES string of the molecule is Nc1ccc2nnc(Cc3ccc(C(F)(F)F)cc3)n2c1. The number of hydrogen-bond donors (Lipinski definition) is 1. The van der Waals surface area contributed by atoms with Gasteiger partial charge in [0.2, 0.25) is 0 Å². The molecular weight excluding hydrogens is 281 g/mol. The van der Waals surface area contributed by atoms with Crippen molar-refractivity contribution in [2.45, 2.75) is 12.6 Å². The van der Waals surface area contributed by atoms with Crippen LogP contribution in [-0.2, 0) is 12.6 Å². The zero-order valence-electron chi connectivity index (χ0n) is 10.8. The molecule has 0 saturated heterocycles. The molecule has 2 N–H and O–H groups in total. The third-order valence-electron chi connectivity index (χ3n) is 3.14. The van der Waals surface area contributed by atoms with E-state index in [0.717, 1.165) is 17.7 Å². The van der Waals surface area contributed by atoms with Crippen LogP contribution in [-0.4, -0.2) is 14.6 Å². The number of alkyl halides is 3. The molecule has 3 aromatic rings. The second kappa shape index (κ2) is 4.76. The van der Waals surface area contributed by atoms with Crippen molar-refractivity contribution in [2.24, 2.45) is 0 Å². The second-order valence-electron chi connectivity index (χ2n) is 4.68. The topological polar surface area (TPSA) is 56.2 Å². The summed E-state index contributed by atoms with van der Waals surface area (Å²) in [6, 6.07) is 8.46. The first kappa shape index (κ1) is 13.4. The number of halogens is 3. The molecule has 1 aromatic carbocycles. The summed E-state index contributed by atoms with van der Waals surface area (Å²) in [6.07, 6.45) is -2.26. The molecule has 0 aliphatic rings. The van der Waals surface area contributed by atoms with E-state index < -0.39 is 11.7 Å². The van der Waals surface area contributed by atoms with E-state index in [4.69, 9.17) is 5.73 Å².